The van der Waals surface area contributed by atoms with Crippen LogP contribution in [0.1, 0.15) is 55.1 Å². The van der Waals surface area contributed by atoms with E-state index in [-0.39, 0.29) is 0 Å². The van der Waals surface area contributed by atoms with Crippen molar-refractivity contribution < 1.29 is 14.6 Å². The SMILES string of the molecule is CCOC(=O)c1cnc(NCC2(O)CCCCC2)nc1C. The molecule has 6 nitrogen and oxygen atoms in total. The molecule has 0 spiro atoms. The van der Waals surface area contributed by atoms with Gasteiger partial charge in [0.2, 0.25) is 5.95 Å². The van der Waals surface area contributed by atoms with Crippen molar-refractivity contribution in [2.45, 2.75) is 51.6 Å². The summed E-state index contributed by atoms with van der Waals surface area (Å²) in [6.45, 7) is 4.26. The van der Waals surface area contributed by atoms with Crippen LogP contribution in [0.3, 0.4) is 0 Å². The number of carbonyl (C=O) groups excluding carboxylic acids is 1. The van der Waals surface area contributed by atoms with Gasteiger partial charge in [0.05, 0.1) is 23.5 Å². The fourth-order valence-corrected chi connectivity index (χ4v) is 2.59. The van der Waals surface area contributed by atoms with Crippen LogP contribution >= 0.6 is 0 Å². The predicted molar refractivity (Wildman–Crippen MR) is 79.3 cm³/mol. The lowest BCUT2D eigenvalue weighted by atomic mass is 9.85. The van der Waals surface area contributed by atoms with Crippen molar-refractivity contribution in [3.63, 3.8) is 0 Å². The number of nitrogens with one attached hydrogen (secondary N) is 1. The first kappa shape index (κ1) is 15.7. The van der Waals surface area contributed by atoms with Crippen LogP contribution in [0.4, 0.5) is 5.95 Å². The Hall–Kier alpha value is -1.69. The van der Waals surface area contributed by atoms with Gasteiger partial charge < -0.3 is 15.2 Å². The fraction of sp³-hybridized carbons (Fsp3) is 0.667. The van der Waals surface area contributed by atoms with Gasteiger partial charge in [-0.3, -0.25) is 0 Å². The molecule has 0 atom stereocenters. The van der Waals surface area contributed by atoms with E-state index in [1.165, 1.54) is 12.6 Å². The van der Waals surface area contributed by atoms with E-state index >= 15 is 0 Å². The van der Waals surface area contributed by atoms with Crippen molar-refractivity contribution in [2.75, 3.05) is 18.5 Å². The zero-order valence-corrected chi connectivity index (χ0v) is 12.7. The summed E-state index contributed by atoms with van der Waals surface area (Å²) < 4.78 is 4.94. The number of nitrogens with zero attached hydrogens (tertiary/aromatic N) is 2. The van der Waals surface area contributed by atoms with Crippen molar-refractivity contribution in [3.05, 3.63) is 17.5 Å². The van der Waals surface area contributed by atoms with Crippen LogP contribution in [0.15, 0.2) is 6.20 Å². The van der Waals surface area contributed by atoms with Crippen LogP contribution in [-0.2, 0) is 4.74 Å². The molecule has 0 radical (unpaired) electrons. The molecule has 21 heavy (non-hydrogen) atoms. The van der Waals surface area contributed by atoms with Gasteiger partial charge in [-0.05, 0) is 26.7 Å². The number of aliphatic hydroxyl groups is 1. The van der Waals surface area contributed by atoms with Gasteiger partial charge in [0.25, 0.3) is 0 Å². The van der Waals surface area contributed by atoms with E-state index < -0.39 is 11.6 Å². The summed E-state index contributed by atoms with van der Waals surface area (Å²) >= 11 is 0. The molecule has 0 aromatic carbocycles. The third-order valence-electron chi connectivity index (χ3n) is 3.83. The lowest BCUT2D eigenvalue weighted by Crippen LogP contribution is -2.39. The number of anilines is 1. The summed E-state index contributed by atoms with van der Waals surface area (Å²) in [4.78, 5) is 20.1. The lowest BCUT2D eigenvalue weighted by molar-refractivity contribution is 0.0165. The van der Waals surface area contributed by atoms with Gasteiger partial charge in [-0.15, -0.1) is 0 Å². The first-order valence-electron chi connectivity index (χ1n) is 7.51. The van der Waals surface area contributed by atoms with Gasteiger partial charge in [-0.1, -0.05) is 19.3 Å². The second-order valence-electron chi connectivity index (χ2n) is 5.55. The summed E-state index contributed by atoms with van der Waals surface area (Å²) in [7, 11) is 0. The molecular formula is C15H23N3O3. The van der Waals surface area contributed by atoms with Crippen molar-refractivity contribution in [1.82, 2.24) is 9.97 Å². The standard InChI is InChI=1S/C15H23N3O3/c1-3-21-13(19)12-9-16-14(18-11(12)2)17-10-15(20)7-5-4-6-8-15/h9,20H,3-8,10H2,1-2H3,(H,16,17,18). The maximum Gasteiger partial charge on any atom is 0.341 e. The molecule has 1 aromatic heterocycles. The van der Waals surface area contributed by atoms with E-state index in [1.54, 1.807) is 13.8 Å². The minimum absolute atomic E-state index is 0.325. The first-order valence-corrected chi connectivity index (χ1v) is 7.51. The fourth-order valence-electron chi connectivity index (χ4n) is 2.59. The number of esters is 1. The Balaban J connectivity index is 1.98. The molecular weight excluding hydrogens is 270 g/mol. The molecule has 0 saturated heterocycles. The van der Waals surface area contributed by atoms with E-state index in [9.17, 15) is 9.90 Å². The van der Waals surface area contributed by atoms with Crippen LogP contribution in [-0.4, -0.2) is 39.8 Å². The molecule has 0 unspecified atom stereocenters. The van der Waals surface area contributed by atoms with Crippen LogP contribution in [0, 0.1) is 6.92 Å². The Morgan fingerprint density at radius 3 is 2.76 bits per heavy atom. The Labute approximate surface area is 124 Å². The van der Waals surface area contributed by atoms with Gasteiger partial charge in [0.15, 0.2) is 0 Å². The topological polar surface area (TPSA) is 84.3 Å². The maximum absolute atomic E-state index is 11.7. The molecule has 0 amide bonds. The molecule has 1 fully saturated rings. The summed E-state index contributed by atoms with van der Waals surface area (Å²) in [6.07, 6.45) is 6.37. The molecule has 1 aliphatic rings. The smallest absolute Gasteiger partial charge is 0.341 e. The van der Waals surface area contributed by atoms with Gasteiger partial charge in [-0.25, -0.2) is 14.8 Å². The highest BCUT2D eigenvalue weighted by Crippen LogP contribution is 2.28. The minimum atomic E-state index is -0.671. The highest BCUT2D eigenvalue weighted by molar-refractivity contribution is 5.90. The van der Waals surface area contributed by atoms with Gasteiger partial charge in [0, 0.05) is 12.7 Å². The molecule has 0 bridgehead atoms. The van der Waals surface area contributed by atoms with E-state index in [0.29, 0.717) is 30.4 Å². The normalized spacial score (nSPS) is 17.3. The molecule has 1 aromatic rings. The molecule has 116 valence electrons. The van der Waals surface area contributed by atoms with E-state index in [2.05, 4.69) is 15.3 Å². The van der Waals surface area contributed by atoms with Crippen molar-refractivity contribution in [1.29, 1.82) is 0 Å². The van der Waals surface area contributed by atoms with Crippen LogP contribution in [0.5, 0.6) is 0 Å². The van der Waals surface area contributed by atoms with Crippen LogP contribution in [0.25, 0.3) is 0 Å². The van der Waals surface area contributed by atoms with E-state index in [1.807, 2.05) is 0 Å². The average Bonchev–Trinajstić information content (AvgIpc) is 2.46. The highest BCUT2D eigenvalue weighted by Gasteiger charge is 2.29. The van der Waals surface area contributed by atoms with Crippen LogP contribution in [0.2, 0.25) is 0 Å². The quantitative estimate of drug-likeness (QED) is 0.808. The second kappa shape index (κ2) is 6.85. The number of rotatable bonds is 5. The number of ether oxygens (including phenoxy) is 1. The monoisotopic (exact) mass is 293 g/mol. The highest BCUT2D eigenvalue weighted by atomic mass is 16.5. The summed E-state index contributed by atoms with van der Waals surface area (Å²) in [6, 6.07) is 0. The summed E-state index contributed by atoms with van der Waals surface area (Å²) in [5, 5.41) is 13.5. The summed E-state index contributed by atoms with van der Waals surface area (Å²) in [5.41, 5.74) is 0.273. The molecule has 1 heterocycles. The second-order valence-corrected chi connectivity index (χ2v) is 5.55. The third-order valence-corrected chi connectivity index (χ3v) is 3.83. The number of hydrogen-bond donors (Lipinski definition) is 2. The number of aromatic nitrogens is 2. The molecule has 2 N–H and O–H groups in total. The van der Waals surface area contributed by atoms with Crippen LogP contribution < -0.4 is 5.32 Å². The van der Waals surface area contributed by atoms with Gasteiger partial charge in [0.1, 0.15) is 0 Å². The lowest BCUT2D eigenvalue weighted by Gasteiger charge is -2.32. The number of carbonyl (C=O) groups is 1. The Bertz CT molecular complexity index is 499. The van der Waals surface area contributed by atoms with Gasteiger partial charge in [-0.2, -0.15) is 0 Å². The number of hydrogen-bond acceptors (Lipinski definition) is 6. The van der Waals surface area contributed by atoms with E-state index in [4.69, 9.17) is 4.74 Å². The minimum Gasteiger partial charge on any atom is -0.462 e. The van der Waals surface area contributed by atoms with Crippen molar-refractivity contribution in [2.24, 2.45) is 0 Å². The Kier molecular flexibility index (Phi) is 5.12. The Morgan fingerprint density at radius 2 is 2.14 bits per heavy atom. The van der Waals surface area contributed by atoms with Crippen molar-refractivity contribution in [3.8, 4) is 0 Å². The average molecular weight is 293 g/mol. The van der Waals surface area contributed by atoms with E-state index in [0.717, 1.165) is 25.7 Å². The molecule has 6 heteroatoms. The predicted octanol–water partition coefficient (Wildman–Crippen LogP) is 2.07. The zero-order chi connectivity index (χ0) is 15.3. The molecule has 2 rings (SSSR count). The maximum atomic E-state index is 11.7. The van der Waals surface area contributed by atoms with Crippen molar-refractivity contribution >= 4 is 11.9 Å². The third kappa shape index (κ3) is 4.14. The largest absolute Gasteiger partial charge is 0.462 e. The Morgan fingerprint density at radius 1 is 1.43 bits per heavy atom. The summed E-state index contributed by atoms with van der Waals surface area (Å²) in [5.74, 6) is 0.0204. The molecule has 1 aliphatic carbocycles. The first-order chi connectivity index (χ1) is 10.0. The molecule has 1 saturated carbocycles. The van der Waals surface area contributed by atoms with Gasteiger partial charge >= 0.3 is 5.97 Å². The zero-order valence-electron chi connectivity index (χ0n) is 12.7. The number of aryl methyl sites for hydroxylation is 1. The molecule has 0 aliphatic heterocycles.